The molecule has 1 fully saturated rings. The lowest BCUT2D eigenvalue weighted by molar-refractivity contribution is -0.123. The summed E-state index contributed by atoms with van der Waals surface area (Å²) in [5.74, 6) is -1.51. The number of hydrogen-bond donors (Lipinski definition) is 2. The van der Waals surface area contributed by atoms with Crippen LogP contribution in [0, 0.1) is 0 Å². The number of nitrogens with one attached hydrogen (secondary N) is 2. The van der Waals surface area contributed by atoms with E-state index in [-0.39, 0.29) is 17.5 Å². The minimum Gasteiger partial charge on any atom is -0.452 e. The third-order valence-corrected chi connectivity index (χ3v) is 3.50. The lowest BCUT2D eigenvalue weighted by atomic mass is 10.1. The predicted octanol–water partition coefficient (Wildman–Crippen LogP) is 1.20. The Kier molecular flexibility index (Phi) is 6.10. The quantitative estimate of drug-likeness (QED) is 0.779. The van der Waals surface area contributed by atoms with Crippen LogP contribution in [0.25, 0.3) is 0 Å². The van der Waals surface area contributed by atoms with Crippen molar-refractivity contribution in [3.63, 3.8) is 0 Å². The first-order valence-corrected chi connectivity index (χ1v) is 8.05. The number of carbonyl (C=O) groups excluding carboxylic acids is 4. The Morgan fingerprint density at radius 3 is 2.60 bits per heavy atom. The Morgan fingerprint density at radius 2 is 1.96 bits per heavy atom. The summed E-state index contributed by atoms with van der Waals surface area (Å²) >= 11 is 0. The van der Waals surface area contributed by atoms with E-state index in [0.29, 0.717) is 18.7 Å². The Bertz CT molecular complexity index is 687. The number of esters is 1. The molecule has 25 heavy (non-hydrogen) atoms. The maximum absolute atomic E-state index is 12.3. The first-order chi connectivity index (χ1) is 11.9. The molecular formula is C17H21N3O5. The van der Waals surface area contributed by atoms with Crippen LogP contribution >= 0.6 is 0 Å². The number of ether oxygens (including phenoxy) is 1. The zero-order chi connectivity index (χ0) is 18.4. The van der Waals surface area contributed by atoms with Crippen LogP contribution in [0.2, 0.25) is 0 Å². The van der Waals surface area contributed by atoms with Gasteiger partial charge in [0.25, 0.3) is 5.91 Å². The van der Waals surface area contributed by atoms with Gasteiger partial charge in [-0.05, 0) is 32.4 Å². The highest BCUT2D eigenvalue weighted by molar-refractivity contribution is 6.04. The fourth-order valence-electron chi connectivity index (χ4n) is 2.45. The van der Waals surface area contributed by atoms with Crippen molar-refractivity contribution in [3.8, 4) is 0 Å². The SMILES string of the molecule is CC(C)NC(=O)NC(=O)COC(=O)c1ccccc1N1CCCC1=O. The number of para-hydroxylation sites is 1. The number of hydrogen-bond acceptors (Lipinski definition) is 5. The van der Waals surface area contributed by atoms with Crippen LogP contribution in [0.1, 0.15) is 37.0 Å². The third kappa shape index (κ3) is 5.03. The van der Waals surface area contributed by atoms with Gasteiger partial charge in [-0.2, -0.15) is 0 Å². The molecule has 2 rings (SSSR count). The maximum Gasteiger partial charge on any atom is 0.340 e. The van der Waals surface area contributed by atoms with Gasteiger partial charge in [0.15, 0.2) is 6.61 Å². The molecule has 8 heteroatoms. The van der Waals surface area contributed by atoms with Crippen molar-refractivity contribution < 1.29 is 23.9 Å². The molecule has 8 nitrogen and oxygen atoms in total. The number of urea groups is 1. The van der Waals surface area contributed by atoms with Crippen molar-refractivity contribution in [2.45, 2.75) is 32.7 Å². The molecule has 1 heterocycles. The van der Waals surface area contributed by atoms with E-state index in [1.165, 1.54) is 11.0 Å². The van der Waals surface area contributed by atoms with Crippen LogP contribution in [-0.2, 0) is 14.3 Å². The topological polar surface area (TPSA) is 105 Å². The van der Waals surface area contributed by atoms with E-state index in [2.05, 4.69) is 10.6 Å². The summed E-state index contributed by atoms with van der Waals surface area (Å²) in [4.78, 5) is 48.7. The molecule has 1 aromatic carbocycles. The molecule has 0 atom stereocenters. The number of benzene rings is 1. The molecule has 1 aliphatic heterocycles. The monoisotopic (exact) mass is 347 g/mol. The fourth-order valence-corrected chi connectivity index (χ4v) is 2.45. The van der Waals surface area contributed by atoms with E-state index in [1.54, 1.807) is 32.0 Å². The van der Waals surface area contributed by atoms with Crippen LogP contribution < -0.4 is 15.5 Å². The van der Waals surface area contributed by atoms with Crippen molar-refractivity contribution in [1.29, 1.82) is 0 Å². The molecule has 0 radical (unpaired) electrons. The van der Waals surface area contributed by atoms with Gasteiger partial charge >= 0.3 is 12.0 Å². The Morgan fingerprint density at radius 1 is 1.24 bits per heavy atom. The number of carbonyl (C=O) groups is 4. The molecule has 2 N–H and O–H groups in total. The molecule has 1 aromatic rings. The molecule has 0 spiro atoms. The van der Waals surface area contributed by atoms with Gasteiger partial charge in [-0.15, -0.1) is 0 Å². The van der Waals surface area contributed by atoms with E-state index in [9.17, 15) is 19.2 Å². The molecule has 134 valence electrons. The highest BCUT2D eigenvalue weighted by Gasteiger charge is 2.26. The molecule has 0 unspecified atom stereocenters. The summed E-state index contributed by atoms with van der Waals surface area (Å²) < 4.78 is 4.96. The normalized spacial score (nSPS) is 13.7. The zero-order valence-corrected chi connectivity index (χ0v) is 14.2. The van der Waals surface area contributed by atoms with Crippen molar-refractivity contribution in [2.75, 3.05) is 18.1 Å². The van der Waals surface area contributed by atoms with Gasteiger partial charge in [0.2, 0.25) is 5.91 Å². The van der Waals surface area contributed by atoms with E-state index < -0.39 is 24.5 Å². The van der Waals surface area contributed by atoms with Crippen LogP contribution in [0.3, 0.4) is 0 Å². The van der Waals surface area contributed by atoms with Gasteiger partial charge in [-0.1, -0.05) is 12.1 Å². The largest absolute Gasteiger partial charge is 0.452 e. The third-order valence-electron chi connectivity index (χ3n) is 3.50. The van der Waals surface area contributed by atoms with Crippen LogP contribution in [0.4, 0.5) is 10.5 Å². The maximum atomic E-state index is 12.3. The summed E-state index contributed by atoms with van der Waals surface area (Å²) in [6.45, 7) is 3.45. The summed E-state index contributed by atoms with van der Waals surface area (Å²) in [6.07, 6.45) is 1.17. The van der Waals surface area contributed by atoms with Crippen molar-refractivity contribution in [3.05, 3.63) is 29.8 Å². The van der Waals surface area contributed by atoms with Gasteiger partial charge in [-0.25, -0.2) is 9.59 Å². The van der Waals surface area contributed by atoms with Crippen molar-refractivity contribution >= 4 is 29.5 Å². The van der Waals surface area contributed by atoms with Crippen molar-refractivity contribution in [2.24, 2.45) is 0 Å². The molecule has 1 aliphatic rings. The molecule has 1 saturated heterocycles. The second kappa shape index (κ2) is 8.27. The predicted molar refractivity (Wildman–Crippen MR) is 90.1 cm³/mol. The lowest BCUT2D eigenvalue weighted by Crippen LogP contribution is -2.44. The van der Waals surface area contributed by atoms with E-state index in [4.69, 9.17) is 4.74 Å². The number of anilines is 1. The minimum absolute atomic E-state index is 0.0525. The summed E-state index contributed by atoms with van der Waals surface area (Å²) in [6, 6.07) is 5.79. The second-order valence-corrected chi connectivity index (χ2v) is 5.92. The van der Waals surface area contributed by atoms with Gasteiger partial charge in [-0.3, -0.25) is 14.9 Å². The van der Waals surface area contributed by atoms with Gasteiger partial charge < -0.3 is 15.0 Å². The molecule has 0 bridgehead atoms. The first-order valence-electron chi connectivity index (χ1n) is 8.05. The minimum atomic E-state index is -0.735. The lowest BCUT2D eigenvalue weighted by Gasteiger charge is -2.18. The van der Waals surface area contributed by atoms with Gasteiger partial charge in [0.1, 0.15) is 0 Å². The van der Waals surface area contributed by atoms with Crippen LogP contribution in [0.15, 0.2) is 24.3 Å². The van der Waals surface area contributed by atoms with Crippen LogP contribution in [0.5, 0.6) is 0 Å². The Hall–Kier alpha value is -2.90. The van der Waals surface area contributed by atoms with Crippen LogP contribution in [-0.4, -0.2) is 43.0 Å². The van der Waals surface area contributed by atoms with Gasteiger partial charge in [0.05, 0.1) is 11.3 Å². The average molecular weight is 347 g/mol. The molecule has 0 saturated carbocycles. The smallest absolute Gasteiger partial charge is 0.340 e. The summed E-state index contributed by atoms with van der Waals surface area (Å²) in [5, 5.41) is 4.55. The Balaban J connectivity index is 1.96. The fraction of sp³-hybridized carbons (Fsp3) is 0.412. The molecule has 0 aromatic heterocycles. The van der Waals surface area contributed by atoms with E-state index in [1.807, 2.05) is 0 Å². The van der Waals surface area contributed by atoms with Gasteiger partial charge in [0, 0.05) is 19.0 Å². The highest BCUT2D eigenvalue weighted by Crippen LogP contribution is 2.25. The molecular weight excluding hydrogens is 326 g/mol. The molecule has 0 aliphatic carbocycles. The average Bonchev–Trinajstić information content (AvgIpc) is 2.97. The van der Waals surface area contributed by atoms with Crippen molar-refractivity contribution in [1.82, 2.24) is 10.6 Å². The van der Waals surface area contributed by atoms with E-state index >= 15 is 0 Å². The Labute approximate surface area is 145 Å². The zero-order valence-electron chi connectivity index (χ0n) is 14.2. The highest BCUT2D eigenvalue weighted by atomic mass is 16.5. The number of rotatable bonds is 5. The summed E-state index contributed by atoms with van der Waals surface area (Å²) in [5.41, 5.74) is 0.671. The first kappa shape index (κ1) is 18.4. The summed E-state index contributed by atoms with van der Waals surface area (Å²) in [7, 11) is 0. The number of imide groups is 1. The second-order valence-electron chi connectivity index (χ2n) is 5.92. The number of nitrogens with zero attached hydrogens (tertiary/aromatic N) is 1. The molecule has 4 amide bonds. The number of amides is 4. The standard InChI is InChI=1S/C17H21N3O5/c1-11(2)18-17(24)19-14(21)10-25-16(23)12-6-3-4-7-13(12)20-9-5-8-15(20)22/h3-4,6-7,11H,5,8-10H2,1-2H3,(H2,18,19,21,24). The van der Waals surface area contributed by atoms with E-state index in [0.717, 1.165) is 6.42 Å².